The van der Waals surface area contributed by atoms with Crippen molar-refractivity contribution in [2.45, 2.75) is 51.8 Å². The van der Waals surface area contributed by atoms with Crippen LogP contribution in [0.2, 0.25) is 0 Å². The van der Waals surface area contributed by atoms with Crippen LogP contribution in [-0.2, 0) is 6.61 Å². The molecule has 1 aromatic heterocycles. The third-order valence-corrected chi connectivity index (χ3v) is 7.16. The minimum atomic E-state index is -0.980. The number of nitrogens with zero attached hydrogens (tertiary/aromatic N) is 2. The van der Waals surface area contributed by atoms with Crippen molar-refractivity contribution < 1.29 is 14.6 Å². The topological polar surface area (TPSA) is 83.8 Å². The quantitative estimate of drug-likeness (QED) is 0.533. The number of anilines is 1. The Bertz CT molecular complexity index is 1270. The number of rotatable bonds is 7. The zero-order chi connectivity index (χ0) is 23.8. The Morgan fingerprint density at radius 1 is 1.18 bits per heavy atom. The largest absolute Gasteiger partial charge is 0.483 e. The first-order chi connectivity index (χ1) is 16.4. The van der Waals surface area contributed by atoms with E-state index in [1.54, 1.807) is 0 Å². The highest BCUT2D eigenvalue weighted by molar-refractivity contribution is 5.88. The average molecular weight is 462 g/mol. The summed E-state index contributed by atoms with van der Waals surface area (Å²) in [6.45, 7) is 6.04. The van der Waals surface area contributed by atoms with Crippen LogP contribution in [0.5, 0.6) is 5.75 Å². The fraction of sp³-hybridized carbons (Fsp3) is 0.407. The first-order valence-electron chi connectivity index (χ1n) is 12.0. The minimum Gasteiger partial charge on any atom is -0.483 e. The Morgan fingerprint density at radius 3 is 2.65 bits per heavy atom. The first kappa shape index (κ1) is 22.3. The monoisotopic (exact) mass is 461 g/mol. The number of carbonyl (C=O) groups is 1. The van der Waals surface area contributed by atoms with Crippen molar-refractivity contribution in [3.05, 3.63) is 70.0 Å². The molecular weight excluding hydrogens is 430 g/mol. The SMILES string of the molecule is Cc1c(N2CCC([C@H](C)NC(=O)O)C2)ccc2cc(OCc3ccccc3)c(=O)n(C3CC3)c12. The molecule has 2 aromatic carbocycles. The van der Waals surface area contributed by atoms with Crippen LogP contribution in [0, 0.1) is 12.8 Å². The summed E-state index contributed by atoms with van der Waals surface area (Å²) in [5, 5.41) is 12.7. The van der Waals surface area contributed by atoms with Crippen molar-refractivity contribution in [2.24, 2.45) is 5.92 Å². The van der Waals surface area contributed by atoms with Crippen LogP contribution >= 0.6 is 0 Å². The van der Waals surface area contributed by atoms with Gasteiger partial charge in [-0.25, -0.2) is 4.79 Å². The lowest BCUT2D eigenvalue weighted by molar-refractivity contribution is 0.186. The molecule has 7 heteroatoms. The van der Waals surface area contributed by atoms with Gasteiger partial charge in [-0.2, -0.15) is 0 Å². The molecule has 0 bridgehead atoms. The van der Waals surface area contributed by atoms with Gasteiger partial charge in [-0.1, -0.05) is 36.4 Å². The third kappa shape index (κ3) is 4.34. The van der Waals surface area contributed by atoms with Gasteiger partial charge < -0.3 is 24.6 Å². The summed E-state index contributed by atoms with van der Waals surface area (Å²) in [6, 6.07) is 16.1. The number of pyridine rings is 1. The number of hydrogen-bond acceptors (Lipinski definition) is 4. The lowest BCUT2D eigenvalue weighted by atomic mass is 10.0. The van der Waals surface area contributed by atoms with Gasteiger partial charge >= 0.3 is 6.09 Å². The predicted molar refractivity (Wildman–Crippen MR) is 133 cm³/mol. The molecule has 3 aromatic rings. The van der Waals surface area contributed by atoms with Crippen molar-refractivity contribution in [3.63, 3.8) is 0 Å². The molecule has 2 aliphatic rings. The van der Waals surface area contributed by atoms with Crippen LogP contribution in [0.25, 0.3) is 10.9 Å². The van der Waals surface area contributed by atoms with Gasteiger partial charge in [0.25, 0.3) is 5.56 Å². The number of aromatic nitrogens is 1. The van der Waals surface area contributed by atoms with E-state index in [9.17, 15) is 9.59 Å². The smallest absolute Gasteiger partial charge is 0.404 e. The summed E-state index contributed by atoms with van der Waals surface area (Å²) in [4.78, 5) is 26.8. The highest BCUT2D eigenvalue weighted by atomic mass is 16.5. The Labute approximate surface area is 199 Å². The van der Waals surface area contributed by atoms with Crippen molar-refractivity contribution in [1.82, 2.24) is 9.88 Å². The molecule has 0 radical (unpaired) electrons. The molecular formula is C27H31N3O4. The zero-order valence-corrected chi connectivity index (χ0v) is 19.7. The van der Waals surface area contributed by atoms with Crippen LogP contribution in [0.4, 0.5) is 10.5 Å². The maximum atomic E-state index is 13.5. The summed E-state index contributed by atoms with van der Waals surface area (Å²) in [7, 11) is 0. The average Bonchev–Trinajstić information content (AvgIpc) is 3.53. The Morgan fingerprint density at radius 2 is 1.94 bits per heavy atom. The van der Waals surface area contributed by atoms with E-state index in [4.69, 9.17) is 9.84 Å². The zero-order valence-electron chi connectivity index (χ0n) is 19.7. The van der Waals surface area contributed by atoms with Crippen molar-refractivity contribution >= 4 is 22.7 Å². The maximum absolute atomic E-state index is 13.5. The van der Waals surface area contributed by atoms with E-state index >= 15 is 0 Å². The van der Waals surface area contributed by atoms with Gasteiger partial charge in [0.15, 0.2) is 5.75 Å². The molecule has 2 atom stereocenters. The van der Waals surface area contributed by atoms with Crippen LogP contribution in [0.15, 0.2) is 53.3 Å². The van der Waals surface area contributed by atoms with Crippen molar-refractivity contribution in [3.8, 4) is 5.75 Å². The van der Waals surface area contributed by atoms with E-state index in [-0.39, 0.29) is 23.6 Å². The third-order valence-electron chi connectivity index (χ3n) is 7.16. The predicted octanol–water partition coefficient (Wildman–Crippen LogP) is 4.71. The molecule has 7 nitrogen and oxygen atoms in total. The first-order valence-corrected chi connectivity index (χ1v) is 12.0. The number of carboxylic acid groups (broad SMARTS) is 1. The van der Waals surface area contributed by atoms with Gasteiger partial charge in [-0.3, -0.25) is 4.79 Å². The summed E-state index contributed by atoms with van der Waals surface area (Å²) < 4.78 is 7.93. The van der Waals surface area contributed by atoms with Gasteiger partial charge in [0.1, 0.15) is 6.61 Å². The molecule has 1 amide bonds. The van der Waals surface area contributed by atoms with E-state index in [2.05, 4.69) is 29.3 Å². The molecule has 178 valence electrons. The molecule has 2 heterocycles. The summed E-state index contributed by atoms with van der Waals surface area (Å²) in [5.41, 5.74) is 4.16. The Kier molecular flexibility index (Phi) is 5.94. The second-order valence-electron chi connectivity index (χ2n) is 9.57. The van der Waals surface area contributed by atoms with Crippen molar-refractivity contribution in [2.75, 3.05) is 18.0 Å². The van der Waals surface area contributed by atoms with E-state index in [0.717, 1.165) is 60.1 Å². The van der Waals surface area contributed by atoms with Crippen LogP contribution in [0.1, 0.15) is 43.4 Å². The molecule has 0 spiro atoms. The molecule has 5 rings (SSSR count). The van der Waals surface area contributed by atoms with Crippen molar-refractivity contribution in [1.29, 1.82) is 0 Å². The van der Waals surface area contributed by atoms with E-state index in [1.807, 2.05) is 47.9 Å². The number of hydrogen-bond donors (Lipinski definition) is 2. The molecule has 1 unspecified atom stereocenters. The van der Waals surface area contributed by atoms with E-state index in [0.29, 0.717) is 12.4 Å². The summed E-state index contributed by atoms with van der Waals surface area (Å²) in [5.74, 6) is 0.649. The lowest BCUT2D eigenvalue weighted by Crippen LogP contribution is -2.38. The molecule has 1 saturated carbocycles. The minimum absolute atomic E-state index is 0.0650. The number of ether oxygens (including phenoxy) is 1. The van der Waals surface area contributed by atoms with Crippen LogP contribution in [0.3, 0.4) is 0 Å². The Balaban J connectivity index is 1.47. The fourth-order valence-corrected chi connectivity index (χ4v) is 5.16. The molecule has 1 saturated heterocycles. The number of amides is 1. The van der Waals surface area contributed by atoms with E-state index in [1.165, 1.54) is 0 Å². The number of nitrogens with one attached hydrogen (secondary N) is 1. The molecule has 34 heavy (non-hydrogen) atoms. The van der Waals surface area contributed by atoms with Crippen LogP contribution < -0.4 is 20.5 Å². The highest BCUT2D eigenvalue weighted by Gasteiger charge is 2.31. The maximum Gasteiger partial charge on any atom is 0.404 e. The normalized spacial score (nSPS) is 18.8. The highest BCUT2D eigenvalue weighted by Crippen LogP contribution is 2.40. The van der Waals surface area contributed by atoms with Gasteiger partial charge in [0.2, 0.25) is 0 Å². The van der Waals surface area contributed by atoms with Gasteiger partial charge in [0, 0.05) is 36.2 Å². The molecule has 1 aliphatic carbocycles. The molecule has 2 N–H and O–H groups in total. The van der Waals surface area contributed by atoms with Crippen LogP contribution in [-0.4, -0.2) is 34.9 Å². The number of benzene rings is 2. The molecule has 2 fully saturated rings. The van der Waals surface area contributed by atoms with Gasteiger partial charge in [0.05, 0.1) is 5.52 Å². The summed E-state index contributed by atoms with van der Waals surface area (Å²) >= 11 is 0. The molecule has 1 aliphatic heterocycles. The standard InChI is InChI=1S/C27H31N3O4/c1-17-23(29-13-12-21(15-29)18(2)28-27(32)33)11-8-20-14-24(34-16-19-6-4-3-5-7-19)26(31)30(25(17)20)22-9-10-22/h3-8,11,14,18,21-22,28H,9-10,12-13,15-16H2,1-2H3,(H,32,33)/t18-,21?/m0/s1. The number of fused-ring (bicyclic) bond motifs is 1. The fourth-order valence-electron chi connectivity index (χ4n) is 5.16. The lowest BCUT2D eigenvalue weighted by Gasteiger charge is -2.25. The van der Waals surface area contributed by atoms with E-state index < -0.39 is 6.09 Å². The second kappa shape index (κ2) is 9.05. The van der Waals surface area contributed by atoms with Gasteiger partial charge in [-0.15, -0.1) is 0 Å². The number of aryl methyl sites for hydroxylation is 1. The summed E-state index contributed by atoms with van der Waals surface area (Å²) in [6.07, 6.45) is 1.96. The Hall–Kier alpha value is -3.48. The second-order valence-corrected chi connectivity index (χ2v) is 9.57. The van der Waals surface area contributed by atoms with Gasteiger partial charge in [-0.05, 0) is 62.3 Å².